The zero-order valence-electron chi connectivity index (χ0n) is 15.2. The third-order valence-electron chi connectivity index (χ3n) is 5.18. The van der Waals surface area contributed by atoms with Crippen molar-refractivity contribution in [1.29, 1.82) is 0 Å². The van der Waals surface area contributed by atoms with Gasteiger partial charge >= 0.3 is 0 Å². The molecule has 0 bridgehead atoms. The van der Waals surface area contributed by atoms with Crippen LogP contribution in [-0.4, -0.2) is 27.2 Å². The highest BCUT2D eigenvalue weighted by Crippen LogP contribution is 2.36. The highest BCUT2D eigenvalue weighted by atomic mass is 79.9. The molecule has 1 saturated heterocycles. The Morgan fingerprint density at radius 1 is 1.31 bits per heavy atom. The second kappa shape index (κ2) is 7.16. The van der Waals surface area contributed by atoms with Crippen LogP contribution in [0.3, 0.4) is 0 Å². The number of halogens is 2. The molecule has 1 fully saturated rings. The molecule has 9 heteroatoms. The van der Waals surface area contributed by atoms with Gasteiger partial charge in [-0.05, 0) is 53.4 Å². The third kappa shape index (κ3) is 3.04. The van der Waals surface area contributed by atoms with E-state index in [0.717, 1.165) is 29.5 Å². The van der Waals surface area contributed by atoms with Crippen molar-refractivity contribution in [3.8, 4) is 0 Å². The van der Waals surface area contributed by atoms with Gasteiger partial charge in [0.25, 0.3) is 0 Å². The van der Waals surface area contributed by atoms with E-state index >= 15 is 0 Å². The van der Waals surface area contributed by atoms with Gasteiger partial charge < -0.3 is 10.5 Å². The molecular formula is C20H16BrFN4O2S. The number of benzene rings is 2. The number of hydrogen-bond donors (Lipinski definition) is 1. The molecule has 5 rings (SSSR count). The Labute approximate surface area is 177 Å². The van der Waals surface area contributed by atoms with Crippen LogP contribution in [0.2, 0.25) is 0 Å². The number of rotatable bonds is 3. The van der Waals surface area contributed by atoms with Gasteiger partial charge in [0.2, 0.25) is 0 Å². The summed E-state index contributed by atoms with van der Waals surface area (Å²) in [7, 11) is 0. The van der Waals surface area contributed by atoms with E-state index in [4.69, 9.17) is 10.5 Å². The second-order valence-electron chi connectivity index (χ2n) is 6.97. The van der Waals surface area contributed by atoms with Crippen molar-refractivity contribution in [2.45, 2.75) is 25.5 Å². The van der Waals surface area contributed by atoms with Crippen LogP contribution >= 0.6 is 27.3 Å². The Bertz CT molecular complexity index is 1260. The molecule has 3 heterocycles. The molecule has 0 radical (unpaired) electrons. The number of carbonyl (C=O) groups excluding carboxylic acids is 1. The van der Waals surface area contributed by atoms with E-state index in [-0.39, 0.29) is 17.5 Å². The molecule has 148 valence electrons. The van der Waals surface area contributed by atoms with Crippen LogP contribution in [0.1, 0.15) is 41.4 Å². The Hall–Kier alpha value is -2.36. The Balaban J connectivity index is 1.65. The molecule has 1 aliphatic heterocycles. The predicted molar refractivity (Wildman–Crippen MR) is 114 cm³/mol. The SMILES string of the molecule is Nc1c(C(=O)c2ccc(F)c3nn(C4CCCCO4)cc23)cc(Br)c2ncsc12. The van der Waals surface area contributed by atoms with Crippen LogP contribution in [0.4, 0.5) is 10.1 Å². The highest BCUT2D eigenvalue weighted by Gasteiger charge is 2.24. The van der Waals surface area contributed by atoms with Crippen molar-refractivity contribution >= 4 is 59.9 Å². The van der Waals surface area contributed by atoms with Crippen molar-refractivity contribution < 1.29 is 13.9 Å². The summed E-state index contributed by atoms with van der Waals surface area (Å²) < 4.78 is 23.3. The van der Waals surface area contributed by atoms with Crippen molar-refractivity contribution in [1.82, 2.24) is 14.8 Å². The second-order valence-corrected chi connectivity index (χ2v) is 8.68. The number of hydrogen-bond acceptors (Lipinski definition) is 6. The molecule has 2 aromatic heterocycles. The summed E-state index contributed by atoms with van der Waals surface area (Å²) in [5.74, 6) is -0.759. The Kier molecular flexibility index (Phi) is 4.60. The third-order valence-corrected chi connectivity index (χ3v) is 6.65. The summed E-state index contributed by atoms with van der Waals surface area (Å²) in [6, 6.07) is 4.42. The lowest BCUT2D eigenvalue weighted by atomic mass is 9.98. The standard InChI is InChI=1S/C20H16BrFN4O2S/c21-13-7-11(16(23)20-18(13)24-9-29-20)19(27)10-4-5-14(22)17-12(10)8-26(25-17)15-3-1-2-6-28-15/h4-5,7-9,15H,1-3,6,23H2. The number of nitrogens with zero attached hydrogens (tertiary/aromatic N) is 3. The molecular weight excluding hydrogens is 459 g/mol. The van der Waals surface area contributed by atoms with E-state index in [2.05, 4.69) is 26.0 Å². The first-order chi connectivity index (χ1) is 14.0. The molecule has 0 saturated carbocycles. The number of carbonyl (C=O) groups is 1. The largest absolute Gasteiger partial charge is 0.397 e. The Morgan fingerprint density at radius 3 is 2.97 bits per heavy atom. The minimum absolute atomic E-state index is 0.154. The number of aromatic nitrogens is 3. The molecule has 4 aromatic rings. The molecule has 2 N–H and O–H groups in total. The topological polar surface area (TPSA) is 83.0 Å². The van der Waals surface area contributed by atoms with Gasteiger partial charge in [-0.15, -0.1) is 11.3 Å². The Morgan fingerprint density at radius 2 is 2.17 bits per heavy atom. The van der Waals surface area contributed by atoms with Crippen molar-refractivity contribution in [3.63, 3.8) is 0 Å². The average Bonchev–Trinajstić information content (AvgIpc) is 3.40. The lowest BCUT2D eigenvalue weighted by Gasteiger charge is -2.22. The van der Waals surface area contributed by atoms with E-state index in [1.54, 1.807) is 22.5 Å². The molecule has 2 aromatic carbocycles. The van der Waals surface area contributed by atoms with Gasteiger partial charge in [-0.2, -0.15) is 5.10 Å². The van der Waals surface area contributed by atoms with Gasteiger partial charge in [-0.25, -0.2) is 14.1 Å². The summed E-state index contributed by atoms with van der Waals surface area (Å²) in [5, 5.41) is 4.82. The van der Waals surface area contributed by atoms with Crippen LogP contribution in [0.5, 0.6) is 0 Å². The van der Waals surface area contributed by atoms with Crippen LogP contribution in [0.15, 0.2) is 34.4 Å². The maximum Gasteiger partial charge on any atom is 0.195 e. The highest BCUT2D eigenvalue weighted by molar-refractivity contribution is 9.10. The molecule has 1 aliphatic rings. The fourth-order valence-corrected chi connectivity index (χ4v) is 5.14. The molecule has 0 amide bonds. The van der Waals surface area contributed by atoms with Gasteiger partial charge in [0.15, 0.2) is 11.6 Å². The smallest absolute Gasteiger partial charge is 0.195 e. The number of thiazole rings is 1. The molecule has 1 unspecified atom stereocenters. The first kappa shape index (κ1) is 18.7. The normalized spacial score (nSPS) is 17.2. The average molecular weight is 475 g/mol. The number of fused-ring (bicyclic) bond motifs is 2. The first-order valence-corrected chi connectivity index (χ1v) is 10.9. The van der Waals surface area contributed by atoms with Crippen molar-refractivity contribution in [2.24, 2.45) is 0 Å². The summed E-state index contributed by atoms with van der Waals surface area (Å²) in [4.78, 5) is 17.7. The molecule has 0 aliphatic carbocycles. The van der Waals surface area contributed by atoms with E-state index < -0.39 is 5.82 Å². The maximum absolute atomic E-state index is 14.5. The van der Waals surface area contributed by atoms with Crippen LogP contribution < -0.4 is 5.73 Å². The zero-order valence-corrected chi connectivity index (χ0v) is 17.6. The van der Waals surface area contributed by atoms with Gasteiger partial charge in [-0.3, -0.25) is 4.79 Å². The van der Waals surface area contributed by atoms with Crippen LogP contribution in [-0.2, 0) is 4.74 Å². The van der Waals surface area contributed by atoms with Gasteiger partial charge in [0.05, 0.1) is 21.4 Å². The molecule has 6 nitrogen and oxygen atoms in total. The molecule has 0 spiro atoms. The minimum atomic E-state index is -0.474. The van der Waals surface area contributed by atoms with E-state index in [0.29, 0.717) is 33.3 Å². The van der Waals surface area contributed by atoms with E-state index in [1.807, 2.05) is 0 Å². The number of anilines is 1. The summed E-state index contributed by atoms with van der Waals surface area (Å²) in [6.45, 7) is 0.647. The van der Waals surface area contributed by atoms with Gasteiger partial charge in [0.1, 0.15) is 11.7 Å². The fraction of sp³-hybridized carbons (Fsp3) is 0.250. The van der Waals surface area contributed by atoms with Crippen molar-refractivity contribution in [2.75, 3.05) is 12.3 Å². The summed E-state index contributed by atoms with van der Waals surface area (Å²) in [6.07, 6.45) is 4.28. The predicted octanol–water partition coefficient (Wildman–Crippen LogP) is 5.06. The van der Waals surface area contributed by atoms with Gasteiger partial charge in [0, 0.05) is 33.8 Å². The lowest BCUT2D eigenvalue weighted by molar-refractivity contribution is -0.0391. The monoisotopic (exact) mass is 474 g/mol. The van der Waals surface area contributed by atoms with Crippen molar-refractivity contribution in [3.05, 3.63) is 51.3 Å². The number of nitrogens with two attached hydrogens (primary N) is 1. The summed E-state index contributed by atoms with van der Waals surface area (Å²) >= 11 is 4.84. The molecule has 29 heavy (non-hydrogen) atoms. The molecule has 1 atom stereocenters. The number of nitrogen functional groups attached to an aromatic ring is 1. The van der Waals surface area contributed by atoms with E-state index in [9.17, 15) is 9.18 Å². The minimum Gasteiger partial charge on any atom is -0.397 e. The van der Waals surface area contributed by atoms with Crippen LogP contribution in [0.25, 0.3) is 21.1 Å². The first-order valence-electron chi connectivity index (χ1n) is 9.19. The van der Waals surface area contributed by atoms with E-state index in [1.165, 1.54) is 23.5 Å². The lowest BCUT2D eigenvalue weighted by Crippen LogP contribution is -2.18. The number of ether oxygens (including phenoxy) is 1. The summed E-state index contributed by atoms with van der Waals surface area (Å²) in [5.41, 5.74) is 9.91. The zero-order chi connectivity index (χ0) is 20.1. The quantitative estimate of drug-likeness (QED) is 0.331. The van der Waals surface area contributed by atoms with Crippen LogP contribution in [0, 0.1) is 5.82 Å². The maximum atomic E-state index is 14.5. The number of ketones is 1. The van der Waals surface area contributed by atoms with Gasteiger partial charge in [-0.1, -0.05) is 0 Å². The fourth-order valence-electron chi connectivity index (χ4n) is 3.70.